The standard InChI is InChI=1S/C24H28N6O/c25-19-7-5-18(6-8-19)23-27-21-10-13-29(16-20(21)24(31)28-23)15-17-4-9-22(26-14-17)30-11-2-1-3-12-30/h4-9,14H,1-3,10-13,15-16,25H2,(H,27,28,31). The summed E-state index contributed by atoms with van der Waals surface area (Å²) in [6, 6.07) is 11.7. The number of rotatable bonds is 4. The molecule has 2 aromatic heterocycles. The predicted octanol–water partition coefficient (Wildman–Crippen LogP) is 2.96. The Hall–Kier alpha value is -3.19. The van der Waals surface area contributed by atoms with Crippen molar-refractivity contribution in [2.45, 2.75) is 38.8 Å². The van der Waals surface area contributed by atoms with Crippen molar-refractivity contribution in [3.8, 4) is 11.4 Å². The second kappa shape index (κ2) is 8.51. The van der Waals surface area contributed by atoms with E-state index >= 15 is 0 Å². The molecule has 1 aromatic carbocycles. The number of aromatic amines is 1. The lowest BCUT2D eigenvalue weighted by molar-refractivity contribution is 0.241. The lowest BCUT2D eigenvalue weighted by Crippen LogP contribution is -2.35. The number of nitrogens with one attached hydrogen (secondary N) is 1. The zero-order valence-corrected chi connectivity index (χ0v) is 17.7. The number of nitrogens with two attached hydrogens (primary N) is 1. The number of anilines is 2. The SMILES string of the molecule is Nc1ccc(-c2nc3c(c(=O)[nH]2)CN(Cc2ccc(N4CCCCC4)nc2)CC3)cc1. The Morgan fingerprint density at radius 1 is 1.00 bits per heavy atom. The molecule has 0 spiro atoms. The molecule has 0 atom stereocenters. The second-order valence-electron chi connectivity index (χ2n) is 8.49. The highest BCUT2D eigenvalue weighted by atomic mass is 16.1. The third-order valence-electron chi connectivity index (χ3n) is 6.23. The quantitative estimate of drug-likeness (QED) is 0.636. The zero-order valence-electron chi connectivity index (χ0n) is 17.7. The maximum atomic E-state index is 12.8. The van der Waals surface area contributed by atoms with Gasteiger partial charge in [-0.1, -0.05) is 6.07 Å². The monoisotopic (exact) mass is 416 g/mol. The van der Waals surface area contributed by atoms with Gasteiger partial charge in [0.2, 0.25) is 0 Å². The van der Waals surface area contributed by atoms with Gasteiger partial charge in [-0.05, 0) is 55.2 Å². The Labute approximate surface area is 181 Å². The van der Waals surface area contributed by atoms with Gasteiger partial charge in [0.1, 0.15) is 11.6 Å². The summed E-state index contributed by atoms with van der Waals surface area (Å²) in [5.74, 6) is 1.68. The van der Waals surface area contributed by atoms with Crippen molar-refractivity contribution in [3.05, 3.63) is 69.8 Å². The minimum Gasteiger partial charge on any atom is -0.399 e. The van der Waals surface area contributed by atoms with Crippen LogP contribution in [0.25, 0.3) is 11.4 Å². The Bertz CT molecular complexity index is 1100. The summed E-state index contributed by atoms with van der Waals surface area (Å²) >= 11 is 0. The maximum Gasteiger partial charge on any atom is 0.255 e. The third kappa shape index (κ3) is 4.32. The van der Waals surface area contributed by atoms with E-state index in [9.17, 15) is 4.79 Å². The first kappa shape index (κ1) is 19.8. The first-order valence-electron chi connectivity index (χ1n) is 11.1. The summed E-state index contributed by atoms with van der Waals surface area (Å²) < 4.78 is 0. The molecule has 2 aliphatic heterocycles. The average molecular weight is 417 g/mol. The number of hydrogen-bond acceptors (Lipinski definition) is 6. The molecule has 4 heterocycles. The average Bonchev–Trinajstić information content (AvgIpc) is 2.81. The molecule has 0 radical (unpaired) electrons. The molecule has 0 amide bonds. The molecule has 0 unspecified atom stereocenters. The molecule has 0 bridgehead atoms. The summed E-state index contributed by atoms with van der Waals surface area (Å²) in [6.07, 6.45) is 6.56. The summed E-state index contributed by atoms with van der Waals surface area (Å²) in [5, 5.41) is 0. The van der Waals surface area contributed by atoms with Gasteiger partial charge in [-0.25, -0.2) is 9.97 Å². The van der Waals surface area contributed by atoms with E-state index in [1.807, 2.05) is 30.5 Å². The minimum absolute atomic E-state index is 0.0555. The topological polar surface area (TPSA) is 91.1 Å². The van der Waals surface area contributed by atoms with Crippen molar-refractivity contribution in [3.63, 3.8) is 0 Å². The van der Waals surface area contributed by atoms with Gasteiger partial charge >= 0.3 is 0 Å². The number of nitrogens with zero attached hydrogens (tertiary/aromatic N) is 4. The van der Waals surface area contributed by atoms with Crippen molar-refractivity contribution in [1.82, 2.24) is 19.9 Å². The fraction of sp³-hybridized carbons (Fsp3) is 0.375. The molecule has 5 rings (SSSR count). The van der Waals surface area contributed by atoms with Crippen LogP contribution in [0, 0.1) is 0 Å². The molecule has 7 nitrogen and oxygen atoms in total. The van der Waals surface area contributed by atoms with E-state index < -0.39 is 0 Å². The lowest BCUT2D eigenvalue weighted by Gasteiger charge is -2.29. The Morgan fingerprint density at radius 3 is 2.55 bits per heavy atom. The summed E-state index contributed by atoms with van der Waals surface area (Å²) in [5.41, 5.74) is 10.1. The molecule has 0 aliphatic carbocycles. The van der Waals surface area contributed by atoms with Gasteiger partial charge in [0.05, 0.1) is 11.3 Å². The Balaban J connectivity index is 1.28. The van der Waals surface area contributed by atoms with Crippen LogP contribution >= 0.6 is 0 Å². The number of nitrogen functional groups attached to an aromatic ring is 1. The van der Waals surface area contributed by atoms with Crippen molar-refractivity contribution in [1.29, 1.82) is 0 Å². The molecular weight excluding hydrogens is 388 g/mol. The zero-order chi connectivity index (χ0) is 21.2. The first-order valence-corrected chi connectivity index (χ1v) is 11.1. The molecule has 3 aromatic rings. The molecule has 0 saturated carbocycles. The highest BCUT2D eigenvalue weighted by Crippen LogP contribution is 2.22. The number of piperidine rings is 1. The van der Waals surface area contributed by atoms with Crippen LogP contribution in [0.5, 0.6) is 0 Å². The van der Waals surface area contributed by atoms with Crippen molar-refractivity contribution in [2.75, 3.05) is 30.3 Å². The van der Waals surface area contributed by atoms with E-state index in [1.165, 1.54) is 24.8 Å². The van der Waals surface area contributed by atoms with Gasteiger partial charge < -0.3 is 15.6 Å². The minimum atomic E-state index is -0.0555. The predicted molar refractivity (Wildman–Crippen MR) is 123 cm³/mol. The van der Waals surface area contributed by atoms with E-state index in [1.54, 1.807) is 0 Å². The molecule has 1 saturated heterocycles. The van der Waals surface area contributed by atoms with Crippen LogP contribution in [-0.2, 0) is 19.5 Å². The van der Waals surface area contributed by atoms with Gasteiger partial charge in [0, 0.05) is 56.6 Å². The smallest absolute Gasteiger partial charge is 0.255 e. The van der Waals surface area contributed by atoms with Gasteiger partial charge in [-0.15, -0.1) is 0 Å². The van der Waals surface area contributed by atoms with Gasteiger partial charge in [-0.3, -0.25) is 9.69 Å². The normalized spacial score (nSPS) is 16.8. The van der Waals surface area contributed by atoms with E-state index in [2.05, 4.69) is 26.9 Å². The highest BCUT2D eigenvalue weighted by molar-refractivity contribution is 5.58. The third-order valence-corrected chi connectivity index (χ3v) is 6.23. The van der Waals surface area contributed by atoms with Crippen LogP contribution in [0.15, 0.2) is 47.4 Å². The summed E-state index contributed by atoms with van der Waals surface area (Å²) in [4.78, 5) is 29.8. The van der Waals surface area contributed by atoms with Crippen LogP contribution in [0.2, 0.25) is 0 Å². The van der Waals surface area contributed by atoms with Crippen LogP contribution in [0.3, 0.4) is 0 Å². The van der Waals surface area contributed by atoms with Crippen molar-refractivity contribution < 1.29 is 0 Å². The van der Waals surface area contributed by atoms with Crippen LogP contribution in [-0.4, -0.2) is 39.5 Å². The molecular formula is C24H28N6O. The van der Waals surface area contributed by atoms with Gasteiger partial charge in [0.15, 0.2) is 0 Å². The second-order valence-corrected chi connectivity index (χ2v) is 8.49. The van der Waals surface area contributed by atoms with Crippen LogP contribution in [0.1, 0.15) is 36.1 Å². The number of pyridine rings is 1. The summed E-state index contributed by atoms with van der Waals surface area (Å²) in [6.45, 7) is 4.46. The van der Waals surface area contributed by atoms with Crippen molar-refractivity contribution >= 4 is 11.5 Å². The van der Waals surface area contributed by atoms with Gasteiger partial charge in [-0.2, -0.15) is 0 Å². The number of H-pyrrole nitrogens is 1. The first-order chi connectivity index (χ1) is 15.2. The summed E-state index contributed by atoms with van der Waals surface area (Å²) in [7, 11) is 0. The van der Waals surface area contributed by atoms with Crippen molar-refractivity contribution in [2.24, 2.45) is 0 Å². The van der Waals surface area contributed by atoms with Crippen LogP contribution in [0.4, 0.5) is 11.5 Å². The number of fused-ring (bicyclic) bond motifs is 1. The van der Waals surface area contributed by atoms with E-state index in [0.29, 0.717) is 18.1 Å². The maximum absolute atomic E-state index is 12.8. The van der Waals surface area contributed by atoms with Gasteiger partial charge in [0.25, 0.3) is 5.56 Å². The molecule has 7 heteroatoms. The number of hydrogen-bond donors (Lipinski definition) is 2. The Kier molecular flexibility index (Phi) is 5.42. The van der Waals surface area contributed by atoms with E-state index in [0.717, 1.165) is 55.2 Å². The van der Waals surface area contributed by atoms with Crippen LogP contribution < -0.4 is 16.2 Å². The van der Waals surface area contributed by atoms with E-state index in [-0.39, 0.29) is 5.56 Å². The molecule has 160 valence electrons. The molecule has 1 fully saturated rings. The molecule has 2 aliphatic rings. The fourth-order valence-electron chi connectivity index (χ4n) is 4.47. The number of benzene rings is 1. The largest absolute Gasteiger partial charge is 0.399 e. The molecule has 31 heavy (non-hydrogen) atoms. The highest BCUT2D eigenvalue weighted by Gasteiger charge is 2.22. The van der Waals surface area contributed by atoms with E-state index in [4.69, 9.17) is 15.7 Å². The fourth-order valence-corrected chi connectivity index (χ4v) is 4.47. The number of aromatic nitrogens is 3. The molecule has 3 N–H and O–H groups in total. The Morgan fingerprint density at radius 2 is 1.81 bits per heavy atom. The lowest BCUT2D eigenvalue weighted by atomic mass is 10.1.